The second-order valence-corrected chi connectivity index (χ2v) is 6.93. The van der Waals surface area contributed by atoms with Crippen LogP contribution in [0.2, 0.25) is 0 Å². The predicted molar refractivity (Wildman–Crippen MR) is 112 cm³/mol. The Bertz CT molecular complexity index is 967. The molecule has 0 aliphatic rings. The normalized spacial score (nSPS) is 11.8. The monoisotopic (exact) mass is 375 g/mol. The van der Waals surface area contributed by atoms with Crippen molar-refractivity contribution in [2.45, 2.75) is 26.7 Å². The summed E-state index contributed by atoms with van der Waals surface area (Å²) in [5.74, 6) is -0.525. The summed E-state index contributed by atoms with van der Waals surface area (Å²) >= 11 is 0. The van der Waals surface area contributed by atoms with Gasteiger partial charge in [-0.2, -0.15) is 0 Å². The van der Waals surface area contributed by atoms with Gasteiger partial charge in [0.15, 0.2) is 0 Å². The van der Waals surface area contributed by atoms with Gasteiger partial charge in [0, 0.05) is 23.5 Å². The number of aliphatic carboxylic acids is 1. The van der Waals surface area contributed by atoms with Crippen LogP contribution >= 0.6 is 0 Å². The third-order valence-electron chi connectivity index (χ3n) is 5.07. The lowest BCUT2D eigenvalue weighted by Crippen LogP contribution is -2.16. The highest BCUT2D eigenvalue weighted by atomic mass is 16.5. The van der Waals surface area contributed by atoms with Crippen molar-refractivity contribution in [2.24, 2.45) is 5.92 Å². The van der Waals surface area contributed by atoms with Crippen molar-refractivity contribution in [1.29, 1.82) is 0 Å². The van der Waals surface area contributed by atoms with Crippen molar-refractivity contribution in [3.8, 4) is 28.0 Å². The number of carboxylic acid groups (broad SMARTS) is 1. The van der Waals surface area contributed by atoms with Crippen molar-refractivity contribution < 1.29 is 14.6 Å². The van der Waals surface area contributed by atoms with Crippen LogP contribution in [0.5, 0.6) is 5.75 Å². The van der Waals surface area contributed by atoms with Crippen LogP contribution in [0, 0.1) is 12.8 Å². The lowest BCUT2D eigenvalue weighted by molar-refractivity contribution is -0.141. The van der Waals surface area contributed by atoms with Gasteiger partial charge in [0.2, 0.25) is 0 Å². The average molecular weight is 375 g/mol. The average Bonchev–Trinajstić information content (AvgIpc) is 2.71. The van der Waals surface area contributed by atoms with Crippen LogP contribution in [0.1, 0.15) is 24.5 Å². The third-order valence-corrected chi connectivity index (χ3v) is 5.07. The standard InChI is InChI=1S/C24H25NO3/c1-4-17(24(26)27)14-21-20(18-8-5-7-16(2)13-18)10-11-22(28-3)23(21)19-9-6-12-25-15-19/h5-13,15,17H,4,14H2,1-3H3,(H,26,27). The van der Waals surface area contributed by atoms with Gasteiger partial charge < -0.3 is 9.84 Å². The molecule has 0 bridgehead atoms. The van der Waals surface area contributed by atoms with Gasteiger partial charge in [-0.15, -0.1) is 0 Å². The molecular weight excluding hydrogens is 350 g/mol. The summed E-state index contributed by atoms with van der Waals surface area (Å²) in [7, 11) is 1.64. The van der Waals surface area contributed by atoms with E-state index in [4.69, 9.17) is 4.74 Å². The number of aryl methyl sites for hydroxylation is 1. The number of rotatable bonds is 7. The quantitative estimate of drug-likeness (QED) is 0.602. The molecule has 4 heteroatoms. The summed E-state index contributed by atoms with van der Waals surface area (Å²) in [6.07, 6.45) is 4.51. The Balaban J connectivity index is 2.29. The molecule has 1 unspecified atom stereocenters. The van der Waals surface area contributed by atoms with E-state index in [1.165, 1.54) is 0 Å². The van der Waals surface area contributed by atoms with E-state index in [0.717, 1.165) is 39.1 Å². The lowest BCUT2D eigenvalue weighted by atomic mass is 9.85. The molecule has 2 aromatic carbocycles. The molecule has 0 saturated heterocycles. The molecule has 0 spiro atoms. The smallest absolute Gasteiger partial charge is 0.306 e. The van der Waals surface area contributed by atoms with Crippen LogP contribution in [0.3, 0.4) is 0 Å². The molecule has 1 atom stereocenters. The number of hydrogen-bond donors (Lipinski definition) is 1. The molecule has 4 nitrogen and oxygen atoms in total. The van der Waals surface area contributed by atoms with Crippen molar-refractivity contribution in [2.75, 3.05) is 7.11 Å². The Kier molecular flexibility index (Phi) is 6.09. The number of hydrogen-bond acceptors (Lipinski definition) is 3. The van der Waals surface area contributed by atoms with Crippen molar-refractivity contribution >= 4 is 5.97 Å². The zero-order chi connectivity index (χ0) is 20.1. The first-order chi connectivity index (χ1) is 13.5. The summed E-state index contributed by atoms with van der Waals surface area (Å²) < 4.78 is 5.66. The molecule has 0 radical (unpaired) electrons. The number of carboxylic acids is 1. The first-order valence-electron chi connectivity index (χ1n) is 9.45. The Morgan fingerprint density at radius 2 is 1.93 bits per heavy atom. The molecule has 1 heterocycles. The van der Waals surface area contributed by atoms with Gasteiger partial charge in [0.25, 0.3) is 0 Å². The highest BCUT2D eigenvalue weighted by Gasteiger charge is 2.23. The van der Waals surface area contributed by atoms with E-state index >= 15 is 0 Å². The lowest BCUT2D eigenvalue weighted by Gasteiger charge is -2.21. The Morgan fingerprint density at radius 1 is 1.14 bits per heavy atom. The summed E-state index contributed by atoms with van der Waals surface area (Å²) in [6, 6.07) is 16.1. The zero-order valence-electron chi connectivity index (χ0n) is 16.5. The molecule has 0 fully saturated rings. The maximum absolute atomic E-state index is 11.8. The third kappa shape index (κ3) is 4.06. The second-order valence-electron chi connectivity index (χ2n) is 6.93. The van der Waals surface area contributed by atoms with Gasteiger partial charge in [-0.25, -0.2) is 0 Å². The molecule has 144 valence electrons. The minimum atomic E-state index is -0.780. The van der Waals surface area contributed by atoms with Crippen LogP contribution in [0.15, 0.2) is 60.9 Å². The van der Waals surface area contributed by atoms with Gasteiger partial charge in [0.1, 0.15) is 5.75 Å². The number of ether oxygens (including phenoxy) is 1. The summed E-state index contributed by atoms with van der Waals surface area (Å²) in [6.45, 7) is 3.97. The van der Waals surface area contributed by atoms with Gasteiger partial charge in [-0.1, -0.05) is 48.9 Å². The molecule has 28 heavy (non-hydrogen) atoms. The highest BCUT2D eigenvalue weighted by Crippen LogP contribution is 2.40. The fraction of sp³-hybridized carbons (Fsp3) is 0.250. The number of methoxy groups -OCH3 is 1. The van der Waals surface area contributed by atoms with Gasteiger partial charge >= 0.3 is 5.97 Å². The topological polar surface area (TPSA) is 59.4 Å². The maximum atomic E-state index is 11.8. The Labute approximate surface area is 165 Å². The van der Waals surface area contributed by atoms with Crippen LogP contribution in [-0.4, -0.2) is 23.2 Å². The molecule has 1 N–H and O–H groups in total. The molecule has 1 aromatic heterocycles. The number of aromatic nitrogens is 1. The first kappa shape index (κ1) is 19.6. The Hall–Kier alpha value is -3.14. The minimum Gasteiger partial charge on any atom is -0.496 e. The summed E-state index contributed by atoms with van der Waals surface area (Å²) in [5, 5.41) is 9.68. The summed E-state index contributed by atoms with van der Waals surface area (Å²) in [5.41, 5.74) is 6.07. The van der Waals surface area contributed by atoms with Crippen LogP contribution in [-0.2, 0) is 11.2 Å². The van der Waals surface area contributed by atoms with E-state index < -0.39 is 11.9 Å². The number of nitrogens with zero attached hydrogens (tertiary/aromatic N) is 1. The predicted octanol–water partition coefficient (Wildman–Crippen LogP) is 5.39. The SMILES string of the molecule is CCC(Cc1c(-c2cccc(C)c2)ccc(OC)c1-c1cccnc1)C(=O)O. The molecule has 0 aliphatic heterocycles. The largest absolute Gasteiger partial charge is 0.496 e. The van der Waals surface area contributed by atoms with E-state index in [0.29, 0.717) is 12.8 Å². The van der Waals surface area contributed by atoms with E-state index in [1.54, 1.807) is 19.5 Å². The fourth-order valence-corrected chi connectivity index (χ4v) is 3.57. The van der Waals surface area contributed by atoms with Gasteiger partial charge in [-0.3, -0.25) is 9.78 Å². The number of pyridine rings is 1. The highest BCUT2D eigenvalue weighted by molar-refractivity contribution is 5.84. The minimum absolute atomic E-state index is 0.427. The van der Waals surface area contributed by atoms with E-state index in [1.807, 2.05) is 37.3 Å². The molecule has 3 rings (SSSR count). The molecule has 3 aromatic rings. The molecule has 0 saturated carbocycles. The Morgan fingerprint density at radius 3 is 2.54 bits per heavy atom. The van der Waals surface area contributed by atoms with Crippen LogP contribution in [0.4, 0.5) is 0 Å². The molecular formula is C24H25NO3. The molecule has 0 amide bonds. The van der Waals surface area contributed by atoms with Gasteiger partial charge in [0.05, 0.1) is 13.0 Å². The fourth-order valence-electron chi connectivity index (χ4n) is 3.57. The van der Waals surface area contributed by atoms with Gasteiger partial charge in [-0.05, 0) is 48.6 Å². The first-order valence-corrected chi connectivity index (χ1v) is 9.45. The summed E-state index contributed by atoms with van der Waals surface area (Å²) in [4.78, 5) is 16.1. The van der Waals surface area contributed by atoms with Crippen molar-refractivity contribution in [3.05, 3.63) is 72.1 Å². The molecule has 0 aliphatic carbocycles. The van der Waals surface area contributed by atoms with Crippen LogP contribution in [0.25, 0.3) is 22.3 Å². The van der Waals surface area contributed by atoms with Crippen molar-refractivity contribution in [3.63, 3.8) is 0 Å². The maximum Gasteiger partial charge on any atom is 0.306 e. The van der Waals surface area contributed by atoms with Crippen molar-refractivity contribution in [1.82, 2.24) is 4.98 Å². The number of carbonyl (C=O) groups is 1. The van der Waals surface area contributed by atoms with Crippen LogP contribution < -0.4 is 4.74 Å². The zero-order valence-corrected chi connectivity index (χ0v) is 16.5. The van der Waals surface area contributed by atoms with E-state index in [9.17, 15) is 9.90 Å². The second kappa shape index (κ2) is 8.70. The van der Waals surface area contributed by atoms with E-state index in [2.05, 4.69) is 30.1 Å². The van der Waals surface area contributed by atoms with E-state index in [-0.39, 0.29) is 0 Å². The number of benzene rings is 2.